The number of nitrogens with zero attached hydrogens (tertiary/aromatic N) is 1. The van der Waals surface area contributed by atoms with E-state index in [-0.39, 0.29) is 5.78 Å². The van der Waals surface area contributed by atoms with E-state index in [1.54, 1.807) is 36.5 Å². The molecule has 70 valence electrons. The van der Waals surface area contributed by atoms with Crippen LogP contribution in [-0.4, -0.2) is 10.2 Å². The van der Waals surface area contributed by atoms with Crippen LogP contribution in [0.4, 0.5) is 0 Å². The maximum Gasteiger partial charge on any atom is 0.204 e. The summed E-state index contributed by atoms with van der Waals surface area (Å²) in [6, 6.07) is 8.60. The lowest BCUT2D eigenvalue weighted by molar-refractivity contribution is 0.104. The summed E-state index contributed by atoms with van der Waals surface area (Å²) in [6.45, 7) is 0. The minimum absolute atomic E-state index is 0.0324. The van der Waals surface area contributed by atoms with Gasteiger partial charge in [-0.1, -0.05) is 23.7 Å². The minimum atomic E-state index is -0.0324. The van der Waals surface area contributed by atoms with Crippen LogP contribution in [0, 0.1) is 0 Å². The SMILES string of the molecule is O=C(c1cccc(Cl)c1)c1ccns1. The number of halogens is 1. The van der Waals surface area contributed by atoms with Crippen LogP contribution < -0.4 is 0 Å². The third-order valence-electron chi connectivity index (χ3n) is 1.75. The molecule has 0 saturated carbocycles. The van der Waals surface area contributed by atoms with Gasteiger partial charge in [-0.2, -0.15) is 0 Å². The average Bonchev–Trinajstić information content (AvgIpc) is 2.69. The van der Waals surface area contributed by atoms with Crippen molar-refractivity contribution in [2.24, 2.45) is 0 Å². The molecule has 0 saturated heterocycles. The maximum absolute atomic E-state index is 11.8. The summed E-state index contributed by atoms with van der Waals surface area (Å²) in [6.07, 6.45) is 1.61. The summed E-state index contributed by atoms with van der Waals surface area (Å²) in [4.78, 5) is 12.4. The van der Waals surface area contributed by atoms with Crippen molar-refractivity contribution in [3.63, 3.8) is 0 Å². The van der Waals surface area contributed by atoms with Gasteiger partial charge in [0.25, 0.3) is 0 Å². The fourth-order valence-corrected chi connectivity index (χ4v) is 1.85. The van der Waals surface area contributed by atoms with Crippen LogP contribution in [0.2, 0.25) is 5.02 Å². The summed E-state index contributed by atoms with van der Waals surface area (Å²) in [5, 5.41) is 0.570. The van der Waals surface area contributed by atoms with Gasteiger partial charge in [-0.25, -0.2) is 4.37 Å². The Morgan fingerprint density at radius 2 is 2.21 bits per heavy atom. The normalized spacial score (nSPS) is 10.1. The first-order chi connectivity index (χ1) is 6.77. The zero-order valence-electron chi connectivity index (χ0n) is 7.11. The Bertz CT molecular complexity index is 453. The third-order valence-corrected chi connectivity index (χ3v) is 2.73. The lowest BCUT2D eigenvalue weighted by atomic mass is 10.1. The molecule has 0 aliphatic heterocycles. The van der Waals surface area contributed by atoms with Gasteiger partial charge in [-0.3, -0.25) is 4.79 Å². The second-order valence-electron chi connectivity index (χ2n) is 2.72. The standard InChI is InChI=1S/C10H6ClNOS/c11-8-3-1-2-7(6-8)10(13)9-4-5-12-14-9/h1-6H. The van der Waals surface area contributed by atoms with Crippen molar-refractivity contribution in [1.29, 1.82) is 0 Å². The molecular formula is C10H6ClNOS. The predicted molar refractivity (Wildman–Crippen MR) is 57.0 cm³/mol. The number of carbonyl (C=O) groups is 1. The molecule has 0 radical (unpaired) electrons. The molecule has 0 bridgehead atoms. The van der Waals surface area contributed by atoms with Crippen molar-refractivity contribution in [3.05, 3.63) is 52.0 Å². The van der Waals surface area contributed by atoms with E-state index in [9.17, 15) is 4.79 Å². The first kappa shape index (κ1) is 9.37. The number of benzene rings is 1. The van der Waals surface area contributed by atoms with Gasteiger partial charge in [0, 0.05) is 16.8 Å². The molecule has 4 heteroatoms. The summed E-state index contributed by atoms with van der Waals surface area (Å²) < 4.78 is 3.88. The van der Waals surface area contributed by atoms with Crippen LogP contribution >= 0.6 is 23.1 Å². The molecule has 0 aliphatic carbocycles. The van der Waals surface area contributed by atoms with E-state index in [1.165, 1.54) is 11.5 Å². The molecular weight excluding hydrogens is 218 g/mol. The zero-order valence-corrected chi connectivity index (χ0v) is 8.68. The van der Waals surface area contributed by atoms with E-state index in [4.69, 9.17) is 11.6 Å². The van der Waals surface area contributed by atoms with Crippen LogP contribution in [0.5, 0.6) is 0 Å². The number of carbonyl (C=O) groups excluding carboxylic acids is 1. The van der Waals surface area contributed by atoms with Gasteiger partial charge in [0.1, 0.15) is 0 Å². The highest BCUT2D eigenvalue weighted by atomic mass is 35.5. The monoisotopic (exact) mass is 223 g/mol. The molecule has 2 rings (SSSR count). The number of ketones is 1. The molecule has 0 amide bonds. The Balaban J connectivity index is 2.37. The molecule has 0 aliphatic rings. The lowest BCUT2D eigenvalue weighted by Crippen LogP contribution is -1.97. The van der Waals surface area contributed by atoms with Crippen molar-refractivity contribution in [3.8, 4) is 0 Å². The Labute approximate surface area is 90.3 Å². The smallest absolute Gasteiger partial charge is 0.204 e. The van der Waals surface area contributed by atoms with Gasteiger partial charge in [-0.05, 0) is 29.7 Å². The van der Waals surface area contributed by atoms with Gasteiger partial charge < -0.3 is 0 Å². The molecule has 0 atom stereocenters. The van der Waals surface area contributed by atoms with Crippen molar-refractivity contribution in [2.45, 2.75) is 0 Å². The maximum atomic E-state index is 11.8. The molecule has 2 aromatic rings. The van der Waals surface area contributed by atoms with Crippen LogP contribution in [0.25, 0.3) is 0 Å². The number of hydrogen-bond donors (Lipinski definition) is 0. The van der Waals surface area contributed by atoms with Crippen LogP contribution in [0.3, 0.4) is 0 Å². The molecule has 0 unspecified atom stereocenters. The van der Waals surface area contributed by atoms with Crippen LogP contribution in [-0.2, 0) is 0 Å². The lowest BCUT2D eigenvalue weighted by Gasteiger charge is -1.97. The van der Waals surface area contributed by atoms with Crippen molar-refractivity contribution < 1.29 is 4.79 Å². The predicted octanol–water partition coefficient (Wildman–Crippen LogP) is 3.03. The minimum Gasteiger partial charge on any atom is -0.288 e. The number of aromatic nitrogens is 1. The first-order valence-electron chi connectivity index (χ1n) is 3.98. The summed E-state index contributed by atoms with van der Waals surface area (Å²) >= 11 is 6.97. The van der Waals surface area contributed by atoms with Crippen LogP contribution in [0.15, 0.2) is 36.5 Å². The van der Waals surface area contributed by atoms with Crippen LogP contribution in [0.1, 0.15) is 15.2 Å². The number of hydrogen-bond acceptors (Lipinski definition) is 3. The molecule has 1 aromatic heterocycles. The highest BCUT2D eigenvalue weighted by molar-refractivity contribution is 7.08. The van der Waals surface area contributed by atoms with E-state index in [1.807, 2.05) is 0 Å². The largest absolute Gasteiger partial charge is 0.288 e. The molecule has 14 heavy (non-hydrogen) atoms. The Morgan fingerprint density at radius 1 is 1.36 bits per heavy atom. The average molecular weight is 224 g/mol. The van der Waals surface area contributed by atoms with Gasteiger partial charge in [-0.15, -0.1) is 0 Å². The second-order valence-corrected chi connectivity index (χ2v) is 3.99. The molecule has 0 spiro atoms. The fraction of sp³-hybridized carbons (Fsp3) is 0. The van der Waals surface area contributed by atoms with Crippen molar-refractivity contribution in [1.82, 2.24) is 4.37 Å². The van der Waals surface area contributed by atoms with E-state index in [0.29, 0.717) is 15.5 Å². The zero-order chi connectivity index (χ0) is 9.97. The Kier molecular flexibility index (Phi) is 2.61. The molecule has 0 N–H and O–H groups in total. The Hall–Kier alpha value is -1.19. The Morgan fingerprint density at radius 3 is 2.86 bits per heavy atom. The number of rotatable bonds is 2. The summed E-state index contributed by atoms with van der Waals surface area (Å²) in [7, 11) is 0. The van der Waals surface area contributed by atoms with E-state index >= 15 is 0 Å². The van der Waals surface area contributed by atoms with Gasteiger partial charge >= 0.3 is 0 Å². The third kappa shape index (κ3) is 1.84. The van der Waals surface area contributed by atoms with Crippen molar-refractivity contribution >= 4 is 28.9 Å². The van der Waals surface area contributed by atoms with Crippen molar-refractivity contribution in [2.75, 3.05) is 0 Å². The van der Waals surface area contributed by atoms with E-state index < -0.39 is 0 Å². The fourth-order valence-electron chi connectivity index (χ4n) is 1.10. The first-order valence-corrected chi connectivity index (χ1v) is 5.13. The quantitative estimate of drug-likeness (QED) is 0.733. The van der Waals surface area contributed by atoms with Gasteiger partial charge in [0.05, 0.1) is 4.88 Å². The van der Waals surface area contributed by atoms with Gasteiger partial charge in [0.15, 0.2) is 0 Å². The van der Waals surface area contributed by atoms with E-state index in [0.717, 1.165) is 0 Å². The summed E-state index contributed by atoms with van der Waals surface area (Å²) in [5.41, 5.74) is 0.599. The molecule has 1 heterocycles. The molecule has 1 aromatic carbocycles. The highest BCUT2D eigenvalue weighted by Gasteiger charge is 2.10. The topological polar surface area (TPSA) is 30.0 Å². The highest BCUT2D eigenvalue weighted by Crippen LogP contribution is 2.16. The second kappa shape index (κ2) is 3.90. The summed E-state index contributed by atoms with van der Waals surface area (Å²) in [5.74, 6) is -0.0324. The van der Waals surface area contributed by atoms with E-state index in [2.05, 4.69) is 4.37 Å². The van der Waals surface area contributed by atoms with Gasteiger partial charge in [0.2, 0.25) is 5.78 Å². The molecule has 2 nitrogen and oxygen atoms in total. The molecule has 0 fully saturated rings.